The highest BCUT2D eigenvalue weighted by molar-refractivity contribution is 5.95. The molecule has 6 bridgehead atoms. The fourth-order valence-electron chi connectivity index (χ4n) is 10.9. The average Bonchev–Trinajstić information content (AvgIpc) is 3.60. The molecule has 7 saturated carbocycles. The summed E-state index contributed by atoms with van der Waals surface area (Å²) < 4.78 is 15.7. The second-order valence-electron chi connectivity index (χ2n) is 16.7. The summed E-state index contributed by atoms with van der Waals surface area (Å²) in [6.45, 7) is 17.2. The van der Waals surface area contributed by atoms with Crippen LogP contribution in [0.1, 0.15) is 108 Å². The minimum atomic E-state index is -0.396. The van der Waals surface area contributed by atoms with Crippen LogP contribution < -0.4 is 0 Å². The van der Waals surface area contributed by atoms with Gasteiger partial charge in [0.1, 0.15) is 5.60 Å². The Kier molecular flexibility index (Phi) is 8.90. The molecule has 0 aromatic rings. The molecule has 2 heterocycles. The Morgan fingerprint density at radius 1 is 0.795 bits per heavy atom. The SMILES string of the molecule is C.CC1C(=O)OC(=O)C1C.CC1C(C)C2CC1C1C3COC(=O)C3C21.CCC(C)(C)C(=O)OC1(C)C2CC3CC(C2)CC1C3. The number of hydrogen-bond donors (Lipinski definition) is 0. The lowest BCUT2D eigenvalue weighted by Gasteiger charge is -2.59. The summed E-state index contributed by atoms with van der Waals surface area (Å²) in [5, 5.41) is 0. The monoisotopic (exact) mass is 614 g/mol. The van der Waals surface area contributed by atoms with Gasteiger partial charge in [-0.2, -0.15) is 0 Å². The van der Waals surface area contributed by atoms with E-state index in [1.54, 1.807) is 13.8 Å². The van der Waals surface area contributed by atoms with Crippen molar-refractivity contribution in [3.63, 3.8) is 0 Å². The normalized spacial score (nSPS) is 48.4. The van der Waals surface area contributed by atoms with Gasteiger partial charge in [-0.3, -0.25) is 19.2 Å². The quantitative estimate of drug-likeness (QED) is 0.190. The third kappa shape index (κ3) is 5.14. The molecule has 10 atom stereocenters. The van der Waals surface area contributed by atoms with Crippen LogP contribution in [0.5, 0.6) is 0 Å². The van der Waals surface area contributed by atoms with Crippen LogP contribution in [0.3, 0.4) is 0 Å². The largest absolute Gasteiger partial charge is 0.465 e. The lowest BCUT2D eigenvalue weighted by atomic mass is 9.50. The summed E-state index contributed by atoms with van der Waals surface area (Å²) in [5.74, 6) is 7.87. The molecule has 2 aliphatic heterocycles. The zero-order chi connectivity index (χ0) is 31.2. The van der Waals surface area contributed by atoms with Gasteiger partial charge in [0, 0.05) is 5.92 Å². The summed E-state index contributed by atoms with van der Waals surface area (Å²) in [7, 11) is 0. The first-order valence-corrected chi connectivity index (χ1v) is 17.3. The topological polar surface area (TPSA) is 96.0 Å². The summed E-state index contributed by atoms with van der Waals surface area (Å²) in [4.78, 5) is 45.2. The first-order valence-electron chi connectivity index (χ1n) is 17.3. The Bertz CT molecular complexity index is 1110. The third-order valence-corrected chi connectivity index (χ3v) is 14.4. The number of hydrogen-bond acceptors (Lipinski definition) is 7. The molecule has 7 heteroatoms. The highest BCUT2D eigenvalue weighted by Gasteiger charge is 2.70. The number of carbonyl (C=O) groups excluding carboxylic acids is 4. The van der Waals surface area contributed by atoms with Gasteiger partial charge in [0.25, 0.3) is 0 Å². The lowest BCUT2D eigenvalue weighted by molar-refractivity contribution is -0.211. The molecule has 0 spiro atoms. The molecule has 7 aliphatic carbocycles. The van der Waals surface area contributed by atoms with Crippen LogP contribution in [0.2, 0.25) is 0 Å². The maximum Gasteiger partial charge on any atom is 0.317 e. The average molecular weight is 615 g/mol. The van der Waals surface area contributed by atoms with Gasteiger partial charge < -0.3 is 14.2 Å². The number of cyclic esters (lactones) is 3. The van der Waals surface area contributed by atoms with Gasteiger partial charge in [0.05, 0.1) is 29.8 Å². The van der Waals surface area contributed by atoms with E-state index in [2.05, 4.69) is 32.4 Å². The summed E-state index contributed by atoms with van der Waals surface area (Å²) >= 11 is 0. The predicted octanol–water partition coefficient (Wildman–Crippen LogP) is 7.10. The molecule has 9 aliphatic rings. The number of ether oxygens (including phenoxy) is 3. The van der Waals surface area contributed by atoms with Gasteiger partial charge in [-0.1, -0.05) is 42.0 Å². The molecular weight excluding hydrogens is 556 g/mol. The van der Waals surface area contributed by atoms with Crippen LogP contribution in [-0.2, 0) is 33.4 Å². The smallest absolute Gasteiger partial charge is 0.317 e. The lowest BCUT2D eigenvalue weighted by Crippen LogP contribution is -2.58. The maximum atomic E-state index is 12.5. The summed E-state index contributed by atoms with van der Waals surface area (Å²) in [6.07, 6.45) is 8.87. The molecule has 9 fully saturated rings. The highest BCUT2D eigenvalue weighted by atomic mass is 16.6. The van der Waals surface area contributed by atoms with E-state index in [0.29, 0.717) is 29.6 Å². The Hall–Kier alpha value is -1.92. The van der Waals surface area contributed by atoms with Crippen molar-refractivity contribution in [1.82, 2.24) is 0 Å². The second-order valence-corrected chi connectivity index (χ2v) is 16.7. The molecule has 0 aromatic heterocycles. The predicted molar refractivity (Wildman–Crippen MR) is 167 cm³/mol. The van der Waals surface area contributed by atoms with Crippen molar-refractivity contribution in [2.75, 3.05) is 6.61 Å². The fraction of sp³-hybridized carbons (Fsp3) is 0.892. The van der Waals surface area contributed by atoms with Crippen LogP contribution in [0, 0.1) is 88.3 Å². The van der Waals surface area contributed by atoms with Gasteiger partial charge in [0.15, 0.2) is 0 Å². The molecule has 0 N–H and O–H groups in total. The molecule has 2 saturated heterocycles. The zero-order valence-corrected chi connectivity index (χ0v) is 27.6. The Morgan fingerprint density at radius 2 is 1.30 bits per heavy atom. The minimum Gasteiger partial charge on any atom is -0.465 e. The van der Waals surface area contributed by atoms with Crippen molar-refractivity contribution >= 4 is 23.9 Å². The van der Waals surface area contributed by atoms with E-state index in [1.165, 1.54) is 38.5 Å². The molecule has 7 nitrogen and oxygen atoms in total. The van der Waals surface area contributed by atoms with Crippen molar-refractivity contribution in [2.24, 2.45) is 88.3 Å². The molecule has 248 valence electrons. The maximum absolute atomic E-state index is 12.5. The van der Waals surface area contributed by atoms with E-state index in [4.69, 9.17) is 9.47 Å². The standard InChI is InChI=1S/C17H28O2.C13H18O2.C6H8O3.CH4/c1-5-16(2,3)15(18)19-17(4)13-7-11-6-12(9-13)10-14(17)8-11;1-5-6(2)8-3-7(5)10-9-4-15-13(14)12(9)11(8)10;1-3-4(2)6(8)9-5(3)7;/h11-14H,5-10H2,1-4H3;5-12H,3-4H2,1-2H3;3-4H,1-2H3;1H4. The van der Waals surface area contributed by atoms with Crippen molar-refractivity contribution in [3.8, 4) is 0 Å². The van der Waals surface area contributed by atoms with Gasteiger partial charge in [0.2, 0.25) is 0 Å². The molecule has 0 aromatic carbocycles. The summed E-state index contributed by atoms with van der Waals surface area (Å²) in [6, 6.07) is 0. The number of rotatable bonds is 3. The van der Waals surface area contributed by atoms with E-state index in [0.717, 1.165) is 54.5 Å². The molecule has 10 unspecified atom stereocenters. The molecule has 0 radical (unpaired) electrons. The molecule has 9 rings (SSSR count). The van der Waals surface area contributed by atoms with Crippen molar-refractivity contribution in [2.45, 2.75) is 113 Å². The van der Waals surface area contributed by atoms with Crippen LogP contribution >= 0.6 is 0 Å². The zero-order valence-electron chi connectivity index (χ0n) is 27.6. The molecule has 44 heavy (non-hydrogen) atoms. The third-order valence-electron chi connectivity index (χ3n) is 14.4. The van der Waals surface area contributed by atoms with Crippen LogP contribution in [-0.4, -0.2) is 36.1 Å². The first kappa shape index (κ1) is 33.4. The van der Waals surface area contributed by atoms with Crippen molar-refractivity contribution < 1.29 is 33.4 Å². The number of esters is 4. The van der Waals surface area contributed by atoms with Crippen LogP contribution in [0.4, 0.5) is 0 Å². The Labute approximate surface area is 265 Å². The number of fused-ring (bicyclic) bond motifs is 8. The van der Waals surface area contributed by atoms with Gasteiger partial charge in [-0.05, 0) is 125 Å². The van der Waals surface area contributed by atoms with Gasteiger partial charge in [-0.25, -0.2) is 0 Å². The van der Waals surface area contributed by atoms with Gasteiger partial charge >= 0.3 is 23.9 Å². The van der Waals surface area contributed by atoms with Crippen LogP contribution in [0.15, 0.2) is 0 Å². The summed E-state index contributed by atoms with van der Waals surface area (Å²) in [5.41, 5.74) is -0.505. The van der Waals surface area contributed by atoms with E-state index >= 15 is 0 Å². The van der Waals surface area contributed by atoms with E-state index in [1.807, 2.05) is 13.8 Å². The molecule has 0 amide bonds. The Balaban J connectivity index is 0.000000137. The number of carbonyl (C=O) groups is 4. The fourth-order valence-corrected chi connectivity index (χ4v) is 10.9. The van der Waals surface area contributed by atoms with E-state index in [-0.39, 0.29) is 42.2 Å². The Morgan fingerprint density at radius 3 is 1.75 bits per heavy atom. The second kappa shape index (κ2) is 11.7. The van der Waals surface area contributed by atoms with Crippen LogP contribution in [0.25, 0.3) is 0 Å². The highest BCUT2D eigenvalue weighted by Crippen LogP contribution is 2.70. The van der Waals surface area contributed by atoms with Crippen molar-refractivity contribution in [1.29, 1.82) is 0 Å². The first-order chi connectivity index (χ1) is 20.2. The molecular formula is C37H58O7. The van der Waals surface area contributed by atoms with Gasteiger partial charge in [-0.15, -0.1) is 0 Å². The minimum absolute atomic E-state index is 0. The van der Waals surface area contributed by atoms with E-state index in [9.17, 15) is 19.2 Å². The van der Waals surface area contributed by atoms with E-state index < -0.39 is 11.9 Å². The van der Waals surface area contributed by atoms with Crippen molar-refractivity contribution in [3.05, 3.63) is 0 Å².